The number of carbonyl (C=O) groups excluding carboxylic acids is 2. The molecule has 2 aliphatic rings. The molecule has 2 fully saturated rings. The van der Waals surface area contributed by atoms with E-state index in [9.17, 15) is 14.7 Å². The van der Waals surface area contributed by atoms with Gasteiger partial charge in [-0.2, -0.15) is 0 Å². The maximum absolute atomic E-state index is 13.0. The second kappa shape index (κ2) is 8.09. The highest BCUT2D eigenvalue weighted by atomic mass is 16.5. The predicted molar refractivity (Wildman–Crippen MR) is 107 cm³/mol. The number of rotatable bonds is 5. The average molecular weight is 393 g/mol. The van der Waals surface area contributed by atoms with E-state index in [1.807, 2.05) is 24.3 Å². The molecule has 2 saturated heterocycles. The molecule has 150 valence electrons. The number of Topliss-reactive ketones (excluding diaryl/α,β-unsaturated/α-hetero) is 1. The van der Waals surface area contributed by atoms with Gasteiger partial charge in [0, 0.05) is 24.3 Å². The monoisotopic (exact) mass is 393 g/mol. The van der Waals surface area contributed by atoms with Crippen LogP contribution in [0.3, 0.4) is 0 Å². The third-order valence-electron chi connectivity index (χ3n) is 5.45. The van der Waals surface area contributed by atoms with E-state index in [1.54, 1.807) is 37.4 Å². The minimum atomic E-state index is -0.740. The number of para-hydroxylation sites is 1. The first-order chi connectivity index (χ1) is 14.1. The lowest BCUT2D eigenvalue weighted by atomic mass is 9.94. The van der Waals surface area contributed by atoms with Crippen LogP contribution in [0.1, 0.15) is 30.0 Å². The molecule has 2 unspecified atom stereocenters. The number of aliphatic hydroxyl groups excluding tert-OH is 1. The minimum absolute atomic E-state index is 0.0729. The van der Waals surface area contributed by atoms with Crippen LogP contribution in [0.5, 0.6) is 5.75 Å². The molecular formula is C23H23NO5. The Morgan fingerprint density at radius 2 is 1.86 bits per heavy atom. The number of aliphatic hydroxyl groups is 1. The Morgan fingerprint density at radius 1 is 1.14 bits per heavy atom. The van der Waals surface area contributed by atoms with Crippen molar-refractivity contribution in [1.82, 2.24) is 4.90 Å². The third-order valence-corrected chi connectivity index (χ3v) is 5.45. The molecule has 0 aliphatic carbocycles. The molecule has 2 atom stereocenters. The Hall–Kier alpha value is -3.12. The molecule has 0 aromatic heterocycles. The van der Waals surface area contributed by atoms with Crippen LogP contribution in [0.25, 0.3) is 5.76 Å². The van der Waals surface area contributed by atoms with Gasteiger partial charge in [0.1, 0.15) is 11.5 Å². The zero-order chi connectivity index (χ0) is 20.4. The maximum Gasteiger partial charge on any atom is 0.295 e. The van der Waals surface area contributed by atoms with Crippen LogP contribution in [0, 0.1) is 0 Å². The van der Waals surface area contributed by atoms with E-state index in [4.69, 9.17) is 9.47 Å². The lowest BCUT2D eigenvalue weighted by Crippen LogP contribution is -2.36. The van der Waals surface area contributed by atoms with Crippen molar-refractivity contribution in [3.8, 4) is 5.75 Å². The smallest absolute Gasteiger partial charge is 0.295 e. The van der Waals surface area contributed by atoms with Crippen LogP contribution >= 0.6 is 0 Å². The summed E-state index contributed by atoms with van der Waals surface area (Å²) in [5.74, 6) is -0.959. The number of methoxy groups -OCH3 is 1. The van der Waals surface area contributed by atoms with Crippen molar-refractivity contribution in [3.05, 3.63) is 71.3 Å². The van der Waals surface area contributed by atoms with Crippen molar-refractivity contribution in [2.45, 2.75) is 25.0 Å². The third kappa shape index (κ3) is 3.51. The summed E-state index contributed by atoms with van der Waals surface area (Å²) in [6.07, 6.45) is 1.64. The van der Waals surface area contributed by atoms with Gasteiger partial charge in [0.15, 0.2) is 0 Å². The quantitative estimate of drug-likeness (QED) is 0.479. The van der Waals surface area contributed by atoms with Gasteiger partial charge in [-0.25, -0.2) is 0 Å². The van der Waals surface area contributed by atoms with Crippen LogP contribution in [0.2, 0.25) is 0 Å². The lowest BCUT2D eigenvalue weighted by molar-refractivity contribution is -0.140. The fourth-order valence-corrected chi connectivity index (χ4v) is 4.04. The van der Waals surface area contributed by atoms with Crippen molar-refractivity contribution < 1.29 is 24.2 Å². The first kappa shape index (κ1) is 19.2. The van der Waals surface area contributed by atoms with Crippen molar-refractivity contribution >= 4 is 17.4 Å². The van der Waals surface area contributed by atoms with E-state index >= 15 is 0 Å². The van der Waals surface area contributed by atoms with Gasteiger partial charge >= 0.3 is 0 Å². The van der Waals surface area contributed by atoms with E-state index in [2.05, 4.69) is 0 Å². The standard InChI is InChI=1S/C23H23NO5/c1-28-18-12-6-5-11-17(18)20-19(21(25)15-8-3-2-4-9-15)22(26)23(27)24(20)14-16-10-7-13-29-16/h2-6,8-9,11-12,16,20,25H,7,10,13-14H2,1H3. The zero-order valence-corrected chi connectivity index (χ0v) is 16.2. The van der Waals surface area contributed by atoms with Crippen LogP contribution < -0.4 is 4.74 Å². The highest BCUT2D eigenvalue weighted by Crippen LogP contribution is 2.43. The van der Waals surface area contributed by atoms with E-state index in [0.29, 0.717) is 30.0 Å². The SMILES string of the molecule is COc1ccccc1C1C(=C(O)c2ccccc2)C(=O)C(=O)N1CC1CCCO1. The van der Waals surface area contributed by atoms with E-state index in [1.165, 1.54) is 4.90 Å². The summed E-state index contributed by atoms with van der Waals surface area (Å²) in [7, 11) is 1.54. The number of ketones is 1. The van der Waals surface area contributed by atoms with Crippen molar-refractivity contribution in [2.24, 2.45) is 0 Å². The minimum Gasteiger partial charge on any atom is -0.507 e. The Morgan fingerprint density at radius 3 is 2.55 bits per heavy atom. The summed E-state index contributed by atoms with van der Waals surface area (Å²) >= 11 is 0. The average Bonchev–Trinajstić information content (AvgIpc) is 3.36. The predicted octanol–water partition coefficient (Wildman–Crippen LogP) is 3.30. The Bertz CT molecular complexity index is 947. The van der Waals surface area contributed by atoms with E-state index < -0.39 is 17.7 Å². The van der Waals surface area contributed by atoms with Gasteiger partial charge in [-0.05, 0) is 18.9 Å². The van der Waals surface area contributed by atoms with Gasteiger partial charge < -0.3 is 19.5 Å². The second-order valence-electron chi connectivity index (χ2n) is 7.19. The molecule has 6 nitrogen and oxygen atoms in total. The Kier molecular flexibility index (Phi) is 5.36. The van der Waals surface area contributed by atoms with Gasteiger partial charge in [-0.15, -0.1) is 0 Å². The molecule has 0 spiro atoms. The highest BCUT2D eigenvalue weighted by molar-refractivity contribution is 6.46. The summed E-state index contributed by atoms with van der Waals surface area (Å²) < 4.78 is 11.2. The molecule has 6 heteroatoms. The van der Waals surface area contributed by atoms with Gasteiger partial charge in [0.25, 0.3) is 11.7 Å². The van der Waals surface area contributed by atoms with Crippen molar-refractivity contribution in [2.75, 3.05) is 20.3 Å². The molecule has 0 radical (unpaired) electrons. The normalized spacial score (nSPS) is 23.6. The number of hydrogen-bond acceptors (Lipinski definition) is 5. The van der Waals surface area contributed by atoms with Gasteiger partial charge in [-0.3, -0.25) is 9.59 Å². The molecule has 4 rings (SSSR count). The summed E-state index contributed by atoms with van der Waals surface area (Å²) in [4.78, 5) is 27.5. The van der Waals surface area contributed by atoms with Crippen LogP contribution in [-0.2, 0) is 14.3 Å². The van der Waals surface area contributed by atoms with Crippen LogP contribution in [0.4, 0.5) is 0 Å². The fourth-order valence-electron chi connectivity index (χ4n) is 4.04. The summed E-state index contributed by atoms with van der Waals surface area (Å²) in [6.45, 7) is 0.941. The van der Waals surface area contributed by atoms with Gasteiger partial charge in [-0.1, -0.05) is 48.5 Å². The van der Waals surface area contributed by atoms with Crippen molar-refractivity contribution in [1.29, 1.82) is 0 Å². The molecule has 29 heavy (non-hydrogen) atoms. The number of nitrogens with zero attached hydrogens (tertiary/aromatic N) is 1. The molecule has 0 saturated carbocycles. The number of benzene rings is 2. The largest absolute Gasteiger partial charge is 0.507 e. The molecule has 2 aliphatic heterocycles. The number of amides is 1. The van der Waals surface area contributed by atoms with Crippen LogP contribution in [-0.4, -0.2) is 48.1 Å². The number of ether oxygens (including phenoxy) is 2. The summed E-state index contributed by atoms with van der Waals surface area (Å²) in [5, 5.41) is 11.0. The molecule has 0 bridgehead atoms. The van der Waals surface area contributed by atoms with Gasteiger partial charge in [0.05, 0.1) is 24.8 Å². The van der Waals surface area contributed by atoms with Crippen molar-refractivity contribution in [3.63, 3.8) is 0 Å². The lowest BCUT2D eigenvalue weighted by Gasteiger charge is -2.28. The van der Waals surface area contributed by atoms with E-state index in [0.717, 1.165) is 12.8 Å². The maximum atomic E-state index is 13.0. The first-order valence-corrected chi connectivity index (χ1v) is 9.70. The highest BCUT2D eigenvalue weighted by Gasteiger charge is 2.47. The summed E-state index contributed by atoms with van der Waals surface area (Å²) in [6, 6.07) is 15.3. The van der Waals surface area contributed by atoms with E-state index in [-0.39, 0.29) is 17.4 Å². The topological polar surface area (TPSA) is 76.1 Å². The Labute approximate surface area is 169 Å². The van der Waals surface area contributed by atoms with Gasteiger partial charge in [0.2, 0.25) is 0 Å². The number of likely N-dealkylation sites (tertiary alicyclic amines) is 1. The molecule has 2 heterocycles. The molecule has 1 amide bonds. The molecule has 1 N–H and O–H groups in total. The molecule has 2 aromatic carbocycles. The second-order valence-corrected chi connectivity index (χ2v) is 7.19. The first-order valence-electron chi connectivity index (χ1n) is 9.70. The van der Waals surface area contributed by atoms with Crippen LogP contribution in [0.15, 0.2) is 60.2 Å². The summed E-state index contributed by atoms with van der Waals surface area (Å²) in [5.41, 5.74) is 1.22. The fraction of sp³-hybridized carbons (Fsp3) is 0.304. The molecule has 2 aromatic rings. The molecular weight excluding hydrogens is 370 g/mol. The zero-order valence-electron chi connectivity index (χ0n) is 16.2. The number of hydrogen-bond donors (Lipinski definition) is 1. The number of carbonyl (C=O) groups is 2. The Balaban J connectivity index is 1.86.